The summed E-state index contributed by atoms with van der Waals surface area (Å²) in [6, 6.07) is 0. The molecule has 1 amide bonds. The Bertz CT molecular complexity index is 495. The fraction of sp³-hybridized carbons (Fsp3) is 0.938. The number of hydrogen-bond acceptors (Lipinski definition) is 5. The van der Waals surface area contributed by atoms with Crippen LogP contribution >= 0.6 is 0 Å². The van der Waals surface area contributed by atoms with Gasteiger partial charge in [-0.25, -0.2) is 8.42 Å². The van der Waals surface area contributed by atoms with Crippen LogP contribution in [-0.2, 0) is 19.6 Å². The van der Waals surface area contributed by atoms with E-state index < -0.39 is 10.0 Å². The topological polar surface area (TPSA) is 79.0 Å². The largest absolute Gasteiger partial charge is 0.378 e. The highest BCUT2D eigenvalue weighted by Gasteiger charge is 2.29. The van der Waals surface area contributed by atoms with Gasteiger partial charge in [-0.2, -0.15) is 4.31 Å². The Morgan fingerprint density at radius 2 is 1.96 bits per heavy atom. The predicted octanol–water partition coefficient (Wildman–Crippen LogP) is 0.275. The van der Waals surface area contributed by atoms with E-state index in [1.165, 1.54) is 4.31 Å². The van der Waals surface area contributed by atoms with Crippen LogP contribution in [0.2, 0.25) is 0 Å². The highest BCUT2D eigenvalue weighted by Crippen LogP contribution is 2.16. The summed E-state index contributed by atoms with van der Waals surface area (Å²) in [5, 5.41) is 3.31. The van der Waals surface area contributed by atoms with Gasteiger partial charge in [0.2, 0.25) is 15.9 Å². The van der Waals surface area contributed by atoms with Gasteiger partial charge in [-0.3, -0.25) is 4.79 Å². The Kier molecular flexibility index (Phi) is 7.46. The van der Waals surface area contributed by atoms with Gasteiger partial charge < -0.3 is 15.0 Å². The molecule has 1 N–H and O–H groups in total. The quantitative estimate of drug-likeness (QED) is 0.672. The van der Waals surface area contributed by atoms with E-state index in [0.717, 1.165) is 25.9 Å². The Labute approximate surface area is 145 Å². The summed E-state index contributed by atoms with van der Waals surface area (Å²) in [5.41, 5.74) is 0. The molecular weight excluding hydrogens is 330 g/mol. The van der Waals surface area contributed by atoms with E-state index in [9.17, 15) is 13.2 Å². The number of rotatable bonds is 8. The number of sulfonamides is 1. The molecule has 0 aliphatic carbocycles. The van der Waals surface area contributed by atoms with Crippen LogP contribution < -0.4 is 5.32 Å². The van der Waals surface area contributed by atoms with Crippen LogP contribution in [0, 0.1) is 5.92 Å². The Morgan fingerprint density at radius 1 is 1.25 bits per heavy atom. The van der Waals surface area contributed by atoms with Crippen molar-refractivity contribution in [3.63, 3.8) is 0 Å². The first-order valence-electron chi connectivity index (χ1n) is 8.96. The van der Waals surface area contributed by atoms with Crippen molar-refractivity contribution < 1.29 is 17.9 Å². The lowest BCUT2D eigenvalue weighted by molar-refractivity contribution is -0.132. The molecule has 2 aliphatic rings. The van der Waals surface area contributed by atoms with Gasteiger partial charge in [0, 0.05) is 32.6 Å². The minimum atomic E-state index is -3.29. The predicted molar refractivity (Wildman–Crippen MR) is 93.2 cm³/mol. The van der Waals surface area contributed by atoms with E-state index in [-0.39, 0.29) is 24.4 Å². The number of amides is 1. The fourth-order valence-electron chi connectivity index (χ4n) is 3.18. The lowest BCUT2D eigenvalue weighted by Gasteiger charge is -2.34. The van der Waals surface area contributed by atoms with Gasteiger partial charge in [0.05, 0.1) is 18.5 Å². The van der Waals surface area contributed by atoms with Crippen molar-refractivity contribution in [2.45, 2.75) is 39.2 Å². The molecule has 8 heteroatoms. The molecule has 0 aromatic carbocycles. The Hall–Kier alpha value is -0.700. The number of ether oxygens (including phenoxy) is 1. The number of carbonyl (C=O) groups excluding carboxylic acids is 1. The van der Waals surface area contributed by atoms with Crippen molar-refractivity contribution in [1.82, 2.24) is 14.5 Å². The number of hydrogen-bond donors (Lipinski definition) is 1. The van der Waals surface area contributed by atoms with Crippen LogP contribution in [0.15, 0.2) is 0 Å². The Morgan fingerprint density at radius 3 is 2.54 bits per heavy atom. The highest BCUT2D eigenvalue weighted by molar-refractivity contribution is 7.89. The molecule has 2 aliphatic heterocycles. The molecule has 1 unspecified atom stereocenters. The lowest BCUT2D eigenvalue weighted by atomic mass is 10.0. The zero-order valence-corrected chi connectivity index (χ0v) is 15.7. The van der Waals surface area contributed by atoms with Gasteiger partial charge in [-0.15, -0.1) is 0 Å². The SMILES string of the molecule is CC(C)OCCS(=O)(=O)N1CCN(C(=O)CCC2CCNC2)CC1. The average molecular weight is 362 g/mol. The third kappa shape index (κ3) is 5.98. The maximum Gasteiger partial charge on any atom is 0.222 e. The van der Waals surface area contributed by atoms with E-state index >= 15 is 0 Å². The summed E-state index contributed by atoms with van der Waals surface area (Å²) >= 11 is 0. The molecule has 1 atom stereocenters. The summed E-state index contributed by atoms with van der Waals surface area (Å²) in [7, 11) is -3.29. The first kappa shape index (κ1) is 19.6. The van der Waals surface area contributed by atoms with Crippen LogP contribution in [0.4, 0.5) is 0 Å². The number of nitrogens with zero attached hydrogens (tertiary/aromatic N) is 2. The van der Waals surface area contributed by atoms with Crippen molar-refractivity contribution in [1.29, 1.82) is 0 Å². The monoisotopic (exact) mass is 361 g/mol. The molecule has 0 spiro atoms. The Balaban J connectivity index is 1.70. The van der Waals surface area contributed by atoms with Gasteiger partial charge in [0.25, 0.3) is 0 Å². The van der Waals surface area contributed by atoms with E-state index in [1.807, 2.05) is 13.8 Å². The summed E-state index contributed by atoms with van der Waals surface area (Å²) in [5.74, 6) is 0.770. The second kappa shape index (κ2) is 9.12. The summed E-state index contributed by atoms with van der Waals surface area (Å²) in [4.78, 5) is 14.1. The summed E-state index contributed by atoms with van der Waals surface area (Å²) in [6.45, 7) is 7.82. The standard InChI is InChI=1S/C16H31N3O4S/c1-14(2)23-11-12-24(21,22)19-9-7-18(8-10-19)16(20)4-3-15-5-6-17-13-15/h14-15,17H,3-13H2,1-2H3. The molecule has 2 fully saturated rings. The molecule has 140 valence electrons. The normalized spacial score (nSPS) is 23.1. The van der Waals surface area contributed by atoms with Crippen molar-refractivity contribution in [2.75, 3.05) is 51.6 Å². The third-order valence-electron chi connectivity index (χ3n) is 4.71. The summed E-state index contributed by atoms with van der Waals surface area (Å²) < 4.78 is 31.4. The van der Waals surface area contributed by atoms with Crippen molar-refractivity contribution in [3.8, 4) is 0 Å². The smallest absolute Gasteiger partial charge is 0.222 e. The maximum atomic E-state index is 12.3. The van der Waals surface area contributed by atoms with Crippen LogP contribution in [0.5, 0.6) is 0 Å². The molecule has 24 heavy (non-hydrogen) atoms. The number of carbonyl (C=O) groups is 1. The number of nitrogens with one attached hydrogen (secondary N) is 1. The van der Waals surface area contributed by atoms with Gasteiger partial charge in [-0.05, 0) is 45.7 Å². The third-order valence-corrected chi connectivity index (χ3v) is 6.54. The van der Waals surface area contributed by atoms with Crippen LogP contribution in [-0.4, -0.2) is 81.3 Å². The minimum absolute atomic E-state index is 0.00774. The molecule has 0 aromatic rings. The first-order chi connectivity index (χ1) is 11.4. The number of piperazine rings is 1. The van der Waals surface area contributed by atoms with Gasteiger partial charge in [-0.1, -0.05) is 0 Å². The van der Waals surface area contributed by atoms with Crippen molar-refractivity contribution in [3.05, 3.63) is 0 Å². The lowest BCUT2D eigenvalue weighted by Crippen LogP contribution is -2.51. The molecule has 2 rings (SSSR count). The second-order valence-electron chi connectivity index (χ2n) is 6.91. The molecular formula is C16H31N3O4S. The van der Waals surface area contributed by atoms with Gasteiger partial charge in [0.15, 0.2) is 0 Å². The van der Waals surface area contributed by atoms with Crippen LogP contribution in [0.25, 0.3) is 0 Å². The molecule has 0 bridgehead atoms. The molecule has 0 aromatic heterocycles. The van der Waals surface area contributed by atoms with Gasteiger partial charge >= 0.3 is 0 Å². The van der Waals surface area contributed by atoms with Crippen LogP contribution in [0.3, 0.4) is 0 Å². The van der Waals surface area contributed by atoms with Crippen LogP contribution in [0.1, 0.15) is 33.1 Å². The molecule has 2 heterocycles. The molecule has 7 nitrogen and oxygen atoms in total. The van der Waals surface area contributed by atoms with Crippen molar-refractivity contribution >= 4 is 15.9 Å². The first-order valence-corrected chi connectivity index (χ1v) is 10.6. The minimum Gasteiger partial charge on any atom is -0.378 e. The average Bonchev–Trinajstić information content (AvgIpc) is 3.05. The highest BCUT2D eigenvalue weighted by atomic mass is 32.2. The fourth-order valence-corrected chi connectivity index (χ4v) is 4.47. The van der Waals surface area contributed by atoms with Crippen molar-refractivity contribution in [2.24, 2.45) is 5.92 Å². The van der Waals surface area contributed by atoms with E-state index in [2.05, 4.69) is 5.32 Å². The van der Waals surface area contributed by atoms with E-state index in [0.29, 0.717) is 38.5 Å². The zero-order valence-electron chi connectivity index (χ0n) is 14.9. The van der Waals surface area contributed by atoms with E-state index in [1.54, 1.807) is 4.90 Å². The molecule has 0 saturated carbocycles. The zero-order chi connectivity index (χ0) is 17.6. The van der Waals surface area contributed by atoms with Gasteiger partial charge in [0.1, 0.15) is 0 Å². The molecule has 2 saturated heterocycles. The maximum absolute atomic E-state index is 12.3. The van der Waals surface area contributed by atoms with E-state index in [4.69, 9.17) is 4.74 Å². The summed E-state index contributed by atoms with van der Waals surface area (Å²) in [6.07, 6.45) is 2.68. The second-order valence-corrected chi connectivity index (χ2v) is 9.00. The molecule has 0 radical (unpaired) electrons.